The molecule has 0 aliphatic rings. The molecule has 0 saturated heterocycles. The van der Waals surface area contributed by atoms with Crippen molar-refractivity contribution in [2.24, 2.45) is 5.73 Å². The van der Waals surface area contributed by atoms with Crippen LogP contribution in [0.3, 0.4) is 0 Å². The van der Waals surface area contributed by atoms with Crippen LogP contribution in [0.2, 0.25) is 0 Å². The molecule has 0 aliphatic heterocycles. The van der Waals surface area contributed by atoms with Gasteiger partial charge in [-0.2, -0.15) is 0 Å². The molecule has 0 radical (unpaired) electrons. The maximum absolute atomic E-state index is 13.1. The number of amides is 2. The van der Waals surface area contributed by atoms with Crippen molar-refractivity contribution in [3.05, 3.63) is 101 Å². The average molecular weight is 438 g/mol. The van der Waals surface area contributed by atoms with Crippen LogP contribution in [0.1, 0.15) is 37.7 Å². The highest BCUT2D eigenvalue weighted by Gasteiger charge is 2.15. The zero-order chi connectivity index (χ0) is 23.4. The van der Waals surface area contributed by atoms with Crippen LogP contribution in [0.4, 0.5) is 0 Å². The molecule has 0 fully saturated rings. The summed E-state index contributed by atoms with van der Waals surface area (Å²) in [6.07, 6.45) is 5.14. The number of aromatic nitrogens is 3. The Labute approximate surface area is 191 Å². The molecule has 7 nitrogen and oxygen atoms in total. The first-order valence-electron chi connectivity index (χ1n) is 10.4. The lowest BCUT2D eigenvalue weighted by Gasteiger charge is -2.13. The van der Waals surface area contributed by atoms with E-state index in [0.29, 0.717) is 34.6 Å². The topological polar surface area (TPSA) is 111 Å². The molecule has 0 saturated carbocycles. The lowest BCUT2D eigenvalue weighted by Crippen LogP contribution is -2.23. The predicted molar refractivity (Wildman–Crippen MR) is 126 cm³/mol. The van der Waals surface area contributed by atoms with E-state index in [1.54, 1.807) is 49.8 Å². The predicted octanol–water partition coefficient (Wildman–Crippen LogP) is 3.85. The van der Waals surface area contributed by atoms with E-state index in [1.165, 1.54) is 0 Å². The van der Waals surface area contributed by atoms with Crippen LogP contribution in [-0.4, -0.2) is 26.8 Å². The molecule has 0 spiro atoms. The third-order valence-electron chi connectivity index (χ3n) is 5.19. The fraction of sp³-hybridized carbons (Fsp3) is 0.115. The molecule has 4 aromatic rings. The normalized spacial score (nSPS) is 10.6. The minimum atomic E-state index is -0.533. The van der Waals surface area contributed by atoms with Crippen LogP contribution in [0.15, 0.2) is 73.2 Å². The van der Waals surface area contributed by atoms with Crippen LogP contribution < -0.4 is 11.1 Å². The van der Waals surface area contributed by atoms with E-state index < -0.39 is 5.91 Å². The van der Waals surface area contributed by atoms with Gasteiger partial charge < -0.3 is 11.1 Å². The van der Waals surface area contributed by atoms with Gasteiger partial charge in [0.1, 0.15) is 5.82 Å². The second-order valence-corrected chi connectivity index (χ2v) is 7.75. The number of nitrogens with one attached hydrogen (secondary N) is 1. The fourth-order valence-electron chi connectivity index (χ4n) is 3.45. The number of rotatable bonds is 6. The summed E-state index contributed by atoms with van der Waals surface area (Å²) in [5.41, 5.74) is 11.1. The molecule has 0 unspecified atom stereocenters. The van der Waals surface area contributed by atoms with Crippen molar-refractivity contribution in [2.45, 2.75) is 20.4 Å². The van der Waals surface area contributed by atoms with Gasteiger partial charge >= 0.3 is 0 Å². The molecular weight excluding hydrogens is 414 g/mol. The Kier molecular flexibility index (Phi) is 6.22. The molecule has 3 N–H and O–H groups in total. The van der Waals surface area contributed by atoms with Gasteiger partial charge in [-0.3, -0.25) is 14.6 Å². The van der Waals surface area contributed by atoms with Crippen molar-refractivity contribution in [1.29, 1.82) is 0 Å². The maximum Gasteiger partial charge on any atom is 0.251 e. The van der Waals surface area contributed by atoms with Crippen molar-refractivity contribution >= 4 is 11.8 Å². The second kappa shape index (κ2) is 9.40. The van der Waals surface area contributed by atoms with Crippen LogP contribution in [0.25, 0.3) is 22.4 Å². The van der Waals surface area contributed by atoms with Crippen LogP contribution in [-0.2, 0) is 6.54 Å². The Hall–Kier alpha value is -4.39. The molecule has 0 atom stereocenters. The standard InChI is InChI=1S/C26H23N5O2/c1-16-7-8-24(30-12-16)20-9-19(22-5-3-4-6-23(22)25(27)32)10-21(11-20)26(33)31-15-18-13-28-17(2)29-14-18/h3-14H,15H2,1-2H3,(H2,27,32)(H,31,33). The van der Waals surface area contributed by atoms with Gasteiger partial charge in [0.2, 0.25) is 5.91 Å². The third kappa shape index (κ3) is 5.10. The summed E-state index contributed by atoms with van der Waals surface area (Å²) in [6, 6.07) is 16.4. The molecule has 2 aromatic carbocycles. The summed E-state index contributed by atoms with van der Waals surface area (Å²) in [5, 5.41) is 2.91. The monoisotopic (exact) mass is 437 g/mol. The zero-order valence-corrected chi connectivity index (χ0v) is 18.4. The first-order valence-corrected chi connectivity index (χ1v) is 10.4. The summed E-state index contributed by atoms with van der Waals surface area (Å²) in [6.45, 7) is 4.06. The highest BCUT2D eigenvalue weighted by Crippen LogP contribution is 2.30. The Bertz CT molecular complexity index is 1320. The number of primary amides is 1. The van der Waals surface area contributed by atoms with Gasteiger partial charge in [-0.25, -0.2) is 9.97 Å². The molecule has 0 bridgehead atoms. The van der Waals surface area contributed by atoms with Gasteiger partial charge in [-0.15, -0.1) is 0 Å². The number of aryl methyl sites for hydroxylation is 2. The van der Waals surface area contributed by atoms with Gasteiger partial charge in [0.15, 0.2) is 0 Å². The summed E-state index contributed by atoms with van der Waals surface area (Å²) in [4.78, 5) is 37.9. The van der Waals surface area contributed by atoms with E-state index in [2.05, 4.69) is 20.3 Å². The minimum absolute atomic E-state index is 0.262. The van der Waals surface area contributed by atoms with E-state index in [1.807, 2.05) is 37.3 Å². The second-order valence-electron chi connectivity index (χ2n) is 7.75. The molecule has 0 aliphatic carbocycles. The maximum atomic E-state index is 13.1. The number of carbonyl (C=O) groups is 2. The molecular formula is C26H23N5O2. The van der Waals surface area contributed by atoms with Crippen molar-refractivity contribution in [2.75, 3.05) is 0 Å². The number of hydrogen-bond acceptors (Lipinski definition) is 5. The van der Waals surface area contributed by atoms with Crippen molar-refractivity contribution in [3.8, 4) is 22.4 Å². The van der Waals surface area contributed by atoms with E-state index in [-0.39, 0.29) is 5.91 Å². The van der Waals surface area contributed by atoms with Crippen LogP contribution in [0.5, 0.6) is 0 Å². The molecule has 4 rings (SSSR count). The summed E-state index contributed by atoms with van der Waals surface area (Å²) in [5.74, 6) is -0.127. The fourth-order valence-corrected chi connectivity index (χ4v) is 3.45. The largest absolute Gasteiger partial charge is 0.366 e. The van der Waals surface area contributed by atoms with Gasteiger partial charge in [-0.05, 0) is 60.9 Å². The third-order valence-corrected chi connectivity index (χ3v) is 5.19. The molecule has 2 aromatic heterocycles. The molecule has 2 amide bonds. The van der Waals surface area contributed by atoms with E-state index >= 15 is 0 Å². The number of pyridine rings is 1. The number of carbonyl (C=O) groups excluding carboxylic acids is 2. The Morgan fingerprint density at radius 2 is 1.61 bits per heavy atom. The Morgan fingerprint density at radius 1 is 0.879 bits per heavy atom. The molecule has 2 heterocycles. The van der Waals surface area contributed by atoms with Crippen LogP contribution in [0, 0.1) is 13.8 Å². The van der Waals surface area contributed by atoms with Crippen LogP contribution >= 0.6 is 0 Å². The van der Waals surface area contributed by atoms with E-state index in [9.17, 15) is 9.59 Å². The first kappa shape index (κ1) is 21.8. The van der Waals surface area contributed by atoms with Gasteiger partial charge in [0, 0.05) is 47.4 Å². The lowest BCUT2D eigenvalue weighted by atomic mass is 9.94. The summed E-state index contributed by atoms with van der Waals surface area (Å²) in [7, 11) is 0. The van der Waals surface area contributed by atoms with Gasteiger partial charge in [-0.1, -0.05) is 24.3 Å². The summed E-state index contributed by atoms with van der Waals surface area (Å²) < 4.78 is 0. The number of nitrogens with two attached hydrogens (primary N) is 1. The molecule has 164 valence electrons. The van der Waals surface area contributed by atoms with Crippen molar-refractivity contribution in [3.63, 3.8) is 0 Å². The smallest absolute Gasteiger partial charge is 0.251 e. The van der Waals surface area contributed by atoms with E-state index in [0.717, 1.165) is 22.4 Å². The zero-order valence-electron chi connectivity index (χ0n) is 18.4. The molecule has 33 heavy (non-hydrogen) atoms. The SMILES string of the molecule is Cc1ccc(-c2cc(C(=O)NCc3cnc(C)nc3)cc(-c3ccccc3C(N)=O)c2)nc1. The van der Waals surface area contributed by atoms with Crippen molar-refractivity contribution < 1.29 is 9.59 Å². The first-order chi connectivity index (χ1) is 15.9. The average Bonchev–Trinajstić information content (AvgIpc) is 2.83. The van der Waals surface area contributed by atoms with Gasteiger partial charge in [0.25, 0.3) is 5.91 Å². The Balaban J connectivity index is 1.74. The highest BCUT2D eigenvalue weighted by atomic mass is 16.2. The summed E-state index contributed by atoms with van der Waals surface area (Å²) >= 11 is 0. The van der Waals surface area contributed by atoms with E-state index in [4.69, 9.17) is 5.73 Å². The Morgan fingerprint density at radius 3 is 2.30 bits per heavy atom. The highest BCUT2D eigenvalue weighted by molar-refractivity contribution is 6.02. The lowest BCUT2D eigenvalue weighted by molar-refractivity contribution is 0.0949. The quantitative estimate of drug-likeness (QED) is 0.476. The number of hydrogen-bond donors (Lipinski definition) is 2. The van der Waals surface area contributed by atoms with Crippen molar-refractivity contribution in [1.82, 2.24) is 20.3 Å². The number of nitrogens with zero attached hydrogens (tertiary/aromatic N) is 3. The number of benzene rings is 2. The van der Waals surface area contributed by atoms with Gasteiger partial charge in [0.05, 0.1) is 5.69 Å². The molecule has 7 heteroatoms. The minimum Gasteiger partial charge on any atom is -0.366 e.